The van der Waals surface area contributed by atoms with E-state index in [9.17, 15) is 4.79 Å². The molecule has 1 aromatic rings. The van der Waals surface area contributed by atoms with Gasteiger partial charge in [-0.1, -0.05) is 24.1 Å². The van der Waals surface area contributed by atoms with Gasteiger partial charge in [0.25, 0.3) is 5.91 Å². The Kier molecular flexibility index (Phi) is 2.42. The van der Waals surface area contributed by atoms with Crippen molar-refractivity contribution in [1.82, 2.24) is 5.32 Å². The number of nitrogens with one attached hydrogen (secondary N) is 1. The van der Waals surface area contributed by atoms with Crippen LogP contribution in [0.2, 0.25) is 0 Å². The first-order valence-corrected chi connectivity index (χ1v) is 3.57. The largest absolute Gasteiger partial charge is 0.341 e. The Morgan fingerprint density at radius 2 is 2.33 bits per heavy atom. The van der Waals surface area contributed by atoms with Gasteiger partial charge in [0.1, 0.15) is 1.37 Å². The number of carbonyl (C=O) groups excluding carboxylic acids is 1. The average molecular weight is 160 g/mol. The van der Waals surface area contributed by atoms with Crippen LogP contribution in [0.5, 0.6) is 0 Å². The molecule has 0 heterocycles. The van der Waals surface area contributed by atoms with Gasteiger partial charge in [0.15, 0.2) is 0 Å². The van der Waals surface area contributed by atoms with Crippen LogP contribution in [0, 0.1) is 12.3 Å². The second-order valence-corrected chi connectivity index (χ2v) is 2.23. The molecule has 1 amide bonds. The van der Waals surface area contributed by atoms with Gasteiger partial charge in [-0.3, -0.25) is 4.79 Å². The zero-order valence-electron chi connectivity index (χ0n) is 7.50. The summed E-state index contributed by atoms with van der Waals surface area (Å²) in [5.74, 6) is 2.27. The smallest absolute Gasteiger partial charge is 0.252 e. The monoisotopic (exact) mass is 160 g/mol. The molecule has 0 unspecified atom stereocenters. The zero-order valence-corrected chi connectivity index (χ0v) is 6.50. The quantitative estimate of drug-likeness (QED) is 0.644. The van der Waals surface area contributed by atoms with E-state index in [1.807, 2.05) is 12.5 Å². The van der Waals surface area contributed by atoms with E-state index in [4.69, 9.17) is 1.37 Å². The van der Waals surface area contributed by atoms with Gasteiger partial charge < -0.3 is 5.32 Å². The summed E-state index contributed by atoms with van der Waals surface area (Å²) in [4.78, 5) is 11.3. The fourth-order valence-corrected chi connectivity index (χ4v) is 0.816. The Hall–Kier alpha value is -1.75. The number of benzene rings is 1. The molecule has 12 heavy (non-hydrogen) atoms. The number of hydrogen-bond donors (Lipinski definition) is 1. The normalized spacial score (nSPS) is 9.17. The van der Waals surface area contributed by atoms with Gasteiger partial charge in [-0.25, -0.2) is 0 Å². The maximum absolute atomic E-state index is 11.3. The number of rotatable bonds is 2. The van der Waals surface area contributed by atoms with Crippen molar-refractivity contribution in [2.45, 2.75) is 0 Å². The van der Waals surface area contributed by atoms with Crippen LogP contribution in [0.1, 0.15) is 11.7 Å². The van der Waals surface area contributed by atoms with E-state index in [0.717, 1.165) is 0 Å². The van der Waals surface area contributed by atoms with Crippen molar-refractivity contribution in [3.63, 3.8) is 0 Å². The minimum absolute atomic E-state index is 0.164. The number of terminal acetylenes is 1. The molecule has 0 radical (unpaired) electrons. The molecule has 0 fully saturated rings. The SMILES string of the molecule is [2H]C#CCNC(=O)c1ccccc1. The molecule has 0 atom stereocenters. The highest BCUT2D eigenvalue weighted by Gasteiger charge is 2.00. The number of amides is 1. The molecular formula is C10H9NO. The van der Waals surface area contributed by atoms with Crippen molar-refractivity contribution in [1.29, 1.82) is 0 Å². The Morgan fingerprint density at radius 3 is 3.00 bits per heavy atom. The van der Waals surface area contributed by atoms with Crippen LogP contribution < -0.4 is 5.32 Å². The molecule has 0 spiro atoms. The molecule has 1 aromatic carbocycles. The van der Waals surface area contributed by atoms with Crippen LogP contribution in [0.3, 0.4) is 0 Å². The van der Waals surface area contributed by atoms with Gasteiger partial charge in [-0.05, 0) is 12.1 Å². The van der Waals surface area contributed by atoms with Crippen LogP contribution >= 0.6 is 0 Å². The van der Waals surface area contributed by atoms with E-state index in [-0.39, 0.29) is 12.5 Å². The highest BCUT2D eigenvalue weighted by atomic mass is 16.1. The molecule has 0 aromatic heterocycles. The first kappa shape index (κ1) is 6.93. The minimum atomic E-state index is -0.164. The van der Waals surface area contributed by atoms with Gasteiger partial charge in [0.2, 0.25) is 0 Å². The summed E-state index contributed by atoms with van der Waals surface area (Å²) >= 11 is 0. The molecule has 0 saturated carbocycles. The van der Waals surface area contributed by atoms with Crippen LogP contribution in [-0.4, -0.2) is 12.5 Å². The summed E-state index contributed by atoms with van der Waals surface area (Å²) in [5.41, 5.74) is 0.606. The molecule has 0 aliphatic carbocycles. The molecule has 1 rings (SSSR count). The molecule has 0 aliphatic rings. The molecule has 2 nitrogen and oxygen atoms in total. The standard InChI is InChI=1S/C10H9NO/c1-2-8-11-10(12)9-6-4-3-5-7-9/h1,3-7H,8H2,(H,11,12)/i1D. The fourth-order valence-electron chi connectivity index (χ4n) is 0.816. The molecule has 0 aliphatic heterocycles. The van der Waals surface area contributed by atoms with Crippen molar-refractivity contribution in [3.8, 4) is 12.3 Å². The lowest BCUT2D eigenvalue weighted by Crippen LogP contribution is -2.23. The lowest BCUT2D eigenvalue weighted by Gasteiger charge is -1.99. The summed E-state index contributed by atoms with van der Waals surface area (Å²) < 4.78 is 6.54. The predicted octanol–water partition coefficient (Wildman–Crippen LogP) is 1.05. The van der Waals surface area contributed by atoms with E-state index < -0.39 is 0 Å². The van der Waals surface area contributed by atoms with E-state index in [1.165, 1.54) is 0 Å². The summed E-state index contributed by atoms with van der Waals surface area (Å²) in [6.45, 7) is 0.219. The van der Waals surface area contributed by atoms with Gasteiger partial charge >= 0.3 is 0 Å². The summed E-state index contributed by atoms with van der Waals surface area (Å²) in [7, 11) is 0. The maximum Gasteiger partial charge on any atom is 0.252 e. The van der Waals surface area contributed by atoms with Crippen LogP contribution in [0.25, 0.3) is 0 Å². The molecule has 1 N–H and O–H groups in total. The van der Waals surface area contributed by atoms with Crippen molar-refractivity contribution >= 4 is 5.91 Å². The minimum Gasteiger partial charge on any atom is -0.341 e. The summed E-state index contributed by atoms with van der Waals surface area (Å²) in [6, 6.07) is 8.89. The van der Waals surface area contributed by atoms with Crippen molar-refractivity contribution in [3.05, 3.63) is 35.9 Å². The van der Waals surface area contributed by atoms with Gasteiger partial charge in [-0.15, -0.1) is 6.40 Å². The Morgan fingerprint density at radius 1 is 1.58 bits per heavy atom. The molecular weight excluding hydrogens is 150 g/mol. The van der Waals surface area contributed by atoms with Crippen molar-refractivity contribution in [2.75, 3.05) is 6.54 Å². The van der Waals surface area contributed by atoms with Crippen LogP contribution in [0.4, 0.5) is 0 Å². The summed E-state index contributed by atoms with van der Waals surface area (Å²) in [6.07, 6.45) is 1.96. The summed E-state index contributed by atoms with van der Waals surface area (Å²) in [5, 5.41) is 2.57. The topological polar surface area (TPSA) is 29.1 Å². The third-order valence-corrected chi connectivity index (χ3v) is 1.37. The second kappa shape index (κ2) is 4.20. The third-order valence-electron chi connectivity index (χ3n) is 1.37. The van der Waals surface area contributed by atoms with E-state index in [2.05, 4.69) is 11.2 Å². The lowest BCUT2D eigenvalue weighted by molar-refractivity contribution is 0.0958. The highest BCUT2D eigenvalue weighted by molar-refractivity contribution is 5.94. The third kappa shape index (κ3) is 2.14. The van der Waals surface area contributed by atoms with Crippen molar-refractivity contribution < 1.29 is 6.17 Å². The van der Waals surface area contributed by atoms with Crippen LogP contribution in [0.15, 0.2) is 30.3 Å². The van der Waals surface area contributed by atoms with Gasteiger partial charge in [-0.2, -0.15) is 0 Å². The number of hydrogen-bond acceptors (Lipinski definition) is 1. The first-order chi connectivity index (χ1) is 6.34. The Labute approximate surface area is 73.0 Å². The second-order valence-electron chi connectivity index (χ2n) is 2.23. The van der Waals surface area contributed by atoms with Gasteiger partial charge in [0.05, 0.1) is 6.54 Å². The zero-order chi connectivity index (χ0) is 9.52. The van der Waals surface area contributed by atoms with E-state index in [1.54, 1.807) is 24.3 Å². The molecule has 0 bridgehead atoms. The molecule has 2 heteroatoms. The molecule has 60 valence electrons. The van der Waals surface area contributed by atoms with Crippen molar-refractivity contribution in [2.24, 2.45) is 0 Å². The van der Waals surface area contributed by atoms with E-state index in [0.29, 0.717) is 5.56 Å². The van der Waals surface area contributed by atoms with E-state index >= 15 is 0 Å². The highest BCUT2D eigenvalue weighted by Crippen LogP contribution is 1.96. The average Bonchev–Trinajstić information content (AvgIpc) is 2.19. The van der Waals surface area contributed by atoms with Gasteiger partial charge in [0, 0.05) is 5.56 Å². The lowest BCUT2D eigenvalue weighted by atomic mass is 10.2. The molecule has 0 saturated heterocycles. The van der Waals surface area contributed by atoms with Crippen LogP contribution in [-0.2, 0) is 0 Å². The maximum atomic E-state index is 11.3. The fraction of sp³-hybridized carbons (Fsp3) is 0.100. The number of carbonyl (C=O) groups is 1. The first-order valence-electron chi connectivity index (χ1n) is 4.07. The Balaban J connectivity index is 2.53. The Bertz CT molecular complexity index is 337. The predicted molar refractivity (Wildman–Crippen MR) is 47.6 cm³/mol.